The van der Waals surface area contributed by atoms with Gasteiger partial charge in [-0.25, -0.2) is 0 Å². The molecule has 0 atom stereocenters. The Kier molecular flexibility index (Phi) is 4.36. The van der Waals surface area contributed by atoms with Crippen LogP contribution in [0.25, 0.3) is 6.08 Å². The topological polar surface area (TPSA) is 12.4 Å². The molecule has 1 aromatic rings. The van der Waals surface area contributed by atoms with Gasteiger partial charge in [-0.3, -0.25) is 4.99 Å². The van der Waals surface area contributed by atoms with Crippen molar-refractivity contribution < 1.29 is 0 Å². The highest BCUT2D eigenvalue weighted by Crippen LogP contribution is 2.19. The first-order chi connectivity index (χ1) is 7.95. The molecule has 1 aliphatic rings. The van der Waals surface area contributed by atoms with Gasteiger partial charge in [0.1, 0.15) is 0 Å². The second-order valence-corrected chi connectivity index (χ2v) is 4.36. The summed E-state index contributed by atoms with van der Waals surface area (Å²) in [7, 11) is 0. The Morgan fingerprint density at radius 3 is 2.50 bits per heavy atom. The summed E-state index contributed by atoms with van der Waals surface area (Å²) < 4.78 is 0. The predicted octanol–water partition coefficient (Wildman–Crippen LogP) is 4.10. The summed E-state index contributed by atoms with van der Waals surface area (Å²) >= 11 is 0. The summed E-state index contributed by atoms with van der Waals surface area (Å²) in [5.41, 5.74) is 1.23. The fourth-order valence-corrected chi connectivity index (χ4v) is 2.12. The SMILES string of the molecule is C(=C\c1ccccc1)/C=N/C1CCCCC1. The van der Waals surface area contributed by atoms with Crippen LogP contribution in [0.15, 0.2) is 41.4 Å². The smallest absolute Gasteiger partial charge is 0.0499 e. The van der Waals surface area contributed by atoms with Crippen LogP contribution in [0.2, 0.25) is 0 Å². The van der Waals surface area contributed by atoms with Gasteiger partial charge >= 0.3 is 0 Å². The number of aliphatic imine (C=N–C) groups is 1. The lowest BCUT2D eigenvalue weighted by Gasteiger charge is -2.16. The van der Waals surface area contributed by atoms with Gasteiger partial charge in [0.05, 0.1) is 0 Å². The second kappa shape index (κ2) is 6.26. The van der Waals surface area contributed by atoms with Crippen molar-refractivity contribution in [1.29, 1.82) is 0 Å². The van der Waals surface area contributed by atoms with E-state index in [1.54, 1.807) is 0 Å². The average molecular weight is 213 g/mol. The molecule has 1 aromatic carbocycles. The maximum atomic E-state index is 4.59. The van der Waals surface area contributed by atoms with Gasteiger partial charge in [0, 0.05) is 12.3 Å². The first kappa shape index (κ1) is 11.1. The van der Waals surface area contributed by atoms with Crippen molar-refractivity contribution in [3.05, 3.63) is 42.0 Å². The second-order valence-electron chi connectivity index (χ2n) is 4.36. The van der Waals surface area contributed by atoms with Crippen LogP contribution in [0.4, 0.5) is 0 Å². The van der Waals surface area contributed by atoms with Gasteiger partial charge < -0.3 is 0 Å². The standard InChI is InChI=1S/C15H19N/c1-3-8-14(9-4-1)10-7-13-16-15-11-5-2-6-12-15/h1,3-4,7-10,13,15H,2,5-6,11-12H2/b10-7+,16-13+. The Labute approximate surface area is 97.9 Å². The number of allylic oxidation sites excluding steroid dienone is 1. The van der Waals surface area contributed by atoms with Gasteiger partial charge in [0.15, 0.2) is 0 Å². The summed E-state index contributed by atoms with van der Waals surface area (Å²) in [4.78, 5) is 4.59. The van der Waals surface area contributed by atoms with Crippen molar-refractivity contribution in [1.82, 2.24) is 0 Å². The maximum absolute atomic E-state index is 4.59. The molecule has 0 spiro atoms. The summed E-state index contributed by atoms with van der Waals surface area (Å²) in [6.45, 7) is 0. The van der Waals surface area contributed by atoms with Crippen LogP contribution in [0.5, 0.6) is 0 Å². The zero-order valence-electron chi connectivity index (χ0n) is 9.68. The van der Waals surface area contributed by atoms with Crippen LogP contribution in [0.3, 0.4) is 0 Å². The van der Waals surface area contributed by atoms with Crippen molar-refractivity contribution in [3.8, 4) is 0 Å². The zero-order valence-corrected chi connectivity index (χ0v) is 9.68. The van der Waals surface area contributed by atoms with E-state index in [0.29, 0.717) is 6.04 Å². The largest absolute Gasteiger partial charge is 0.290 e. The number of rotatable bonds is 3. The summed E-state index contributed by atoms with van der Waals surface area (Å²) in [5, 5.41) is 0. The van der Waals surface area contributed by atoms with Crippen molar-refractivity contribution in [2.45, 2.75) is 38.1 Å². The van der Waals surface area contributed by atoms with E-state index in [0.717, 1.165) is 0 Å². The van der Waals surface area contributed by atoms with Gasteiger partial charge in [-0.2, -0.15) is 0 Å². The maximum Gasteiger partial charge on any atom is 0.0499 e. The lowest BCUT2D eigenvalue weighted by atomic mass is 9.96. The van der Waals surface area contributed by atoms with Gasteiger partial charge in [-0.05, 0) is 24.5 Å². The van der Waals surface area contributed by atoms with Crippen molar-refractivity contribution in [2.75, 3.05) is 0 Å². The van der Waals surface area contributed by atoms with Crippen LogP contribution < -0.4 is 0 Å². The summed E-state index contributed by atoms with van der Waals surface area (Å²) in [6, 6.07) is 10.9. The third-order valence-corrected chi connectivity index (χ3v) is 3.05. The molecule has 84 valence electrons. The van der Waals surface area contributed by atoms with Crippen LogP contribution in [-0.4, -0.2) is 12.3 Å². The molecule has 16 heavy (non-hydrogen) atoms. The Balaban J connectivity index is 1.82. The minimum atomic E-state index is 0.578. The summed E-state index contributed by atoms with van der Waals surface area (Å²) in [6.07, 6.45) is 12.8. The number of benzene rings is 1. The van der Waals surface area contributed by atoms with Crippen LogP contribution in [-0.2, 0) is 0 Å². The Hall–Kier alpha value is -1.37. The molecule has 2 rings (SSSR count). The van der Waals surface area contributed by atoms with Gasteiger partial charge in [-0.15, -0.1) is 0 Å². The van der Waals surface area contributed by atoms with E-state index in [1.165, 1.54) is 37.7 Å². The molecule has 0 heterocycles. The van der Waals surface area contributed by atoms with Crippen LogP contribution in [0, 0.1) is 0 Å². The Morgan fingerprint density at radius 2 is 1.75 bits per heavy atom. The highest BCUT2D eigenvalue weighted by molar-refractivity contribution is 5.78. The van der Waals surface area contributed by atoms with Crippen molar-refractivity contribution >= 4 is 12.3 Å². The average Bonchev–Trinajstić information content (AvgIpc) is 2.37. The zero-order chi connectivity index (χ0) is 11.1. The van der Waals surface area contributed by atoms with E-state index in [2.05, 4.69) is 35.3 Å². The molecule has 0 aliphatic heterocycles. The van der Waals surface area contributed by atoms with Gasteiger partial charge in [0.2, 0.25) is 0 Å². The molecule has 1 fully saturated rings. The number of hydrogen-bond acceptors (Lipinski definition) is 1. The van der Waals surface area contributed by atoms with Crippen molar-refractivity contribution in [3.63, 3.8) is 0 Å². The van der Waals surface area contributed by atoms with E-state index in [-0.39, 0.29) is 0 Å². The highest BCUT2D eigenvalue weighted by Gasteiger charge is 2.09. The Bertz CT molecular complexity index is 345. The quantitative estimate of drug-likeness (QED) is 0.670. The minimum absolute atomic E-state index is 0.578. The predicted molar refractivity (Wildman–Crippen MR) is 70.8 cm³/mol. The van der Waals surface area contributed by atoms with E-state index in [4.69, 9.17) is 0 Å². The monoisotopic (exact) mass is 213 g/mol. The molecular formula is C15H19N. The van der Waals surface area contributed by atoms with Crippen LogP contribution in [0.1, 0.15) is 37.7 Å². The van der Waals surface area contributed by atoms with E-state index in [9.17, 15) is 0 Å². The van der Waals surface area contributed by atoms with E-state index in [1.807, 2.05) is 18.4 Å². The molecule has 1 aliphatic carbocycles. The molecule has 1 saturated carbocycles. The van der Waals surface area contributed by atoms with Crippen LogP contribution >= 0.6 is 0 Å². The fourth-order valence-electron chi connectivity index (χ4n) is 2.12. The Morgan fingerprint density at radius 1 is 1.00 bits per heavy atom. The number of hydrogen-bond donors (Lipinski definition) is 0. The lowest BCUT2D eigenvalue weighted by Crippen LogP contribution is -2.09. The highest BCUT2D eigenvalue weighted by atomic mass is 14.8. The molecule has 0 unspecified atom stereocenters. The molecule has 0 saturated heterocycles. The first-order valence-corrected chi connectivity index (χ1v) is 6.20. The third kappa shape index (κ3) is 3.65. The third-order valence-electron chi connectivity index (χ3n) is 3.05. The minimum Gasteiger partial charge on any atom is -0.290 e. The first-order valence-electron chi connectivity index (χ1n) is 6.20. The molecule has 0 N–H and O–H groups in total. The molecule has 0 bridgehead atoms. The molecular weight excluding hydrogens is 194 g/mol. The molecule has 1 heteroatoms. The molecule has 1 nitrogen and oxygen atoms in total. The lowest BCUT2D eigenvalue weighted by molar-refractivity contribution is 0.444. The van der Waals surface area contributed by atoms with Gasteiger partial charge in [-0.1, -0.05) is 55.7 Å². The van der Waals surface area contributed by atoms with E-state index < -0.39 is 0 Å². The van der Waals surface area contributed by atoms with Crippen molar-refractivity contribution in [2.24, 2.45) is 4.99 Å². The van der Waals surface area contributed by atoms with Gasteiger partial charge in [0.25, 0.3) is 0 Å². The molecule has 0 radical (unpaired) electrons. The number of nitrogens with zero attached hydrogens (tertiary/aromatic N) is 1. The normalized spacial score (nSPS) is 18.5. The molecule has 0 aromatic heterocycles. The molecule has 0 amide bonds. The van der Waals surface area contributed by atoms with E-state index >= 15 is 0 Å². The fraction of sp³-hybridized carbons (Fsp3) is 0.400. The summed E-state index contributed by atoms with van der Waals surface area (Å²) in [5.74, 6) is 0.